The van der Waals surface area contributed by atoms with Crippen LogP contribution in [-0.2, 0) is 23.8 Å². The van der Waals surface area contributed by atoms with Gasteiger partial charge in [-0.3, -0.25) is 9.59 Å². The maximum absolute atomic E-state index is 13.0. The second kappa shape index (κ2) is 48.4. The van der Waals surface area contributed by atoms with Crippen molar-refractivity contribution >= 4 is 11.9 Å². The standard InChI is InChI=1S/C59H103NO10/c1-3-5-7-9-11-13-26-31-35-39-43-47-55(64)68-48-44-40-36-32-28-25-23-21-19-17-15-16-18-20-22-24-27-30-34-38-42-46-54(63)60-51(50-69-59-58(67)57(66)56(65)53(49-61)70-59)52(62)45-41-37-33-29-14-12-10-8-6-4-2/h6,8-9,11,14,25,28-29,36,40-41,45,51-53,56-59,61-62,65-67H,3-5,7,10,12-13,15-24,26-27,30-35,37-39,42-44,46-50H2,1-2H3,(H,60,63)/b8-6+,11-9-,28-25-,29-14+,40-36-,45-41+. The lowest BCUT2D eigenvalue weighted by Crippen LogP contribution is -2.60. The Morgan fingerprint density at radius 3 is 1.57 bits per heavy atom. The molecule has 0 saturated carbocycles. The first-order valence-electron chi connectivity index (χ1n) is 28.2. The summed E-state index contributed by atoms with van der Waals surface area (Å²) in [5.41, 5.74) is 0. The van der Waals surface area contributed by atoms with Gasteiger partial charge >= 0.3 is 5.97 Å². The molecule has 1 fully saturated rings. The SMILES string of the molecule is CC/C=C/CC/C=C/CC/C=C/C(O)C(COC1OC(CO)C(O)C(O)C1O)NC(=O)CCCCCCCCCCCCCCCC/C=C\C/C=C\CCOC(=O)CCCCCCC/C=C\CCCC. The van der Waals surface area contributed by atoms with Gasteiger partial charge in [0.1, 0.15) is 24.4 Å². The highest BCUT2D eigenvalue weighted by Gasteiger charge is 2.44. The predicted molar refractivity (Wildman–Crippen MR) is 287 cm³/mol. The lowest BCUT2D eigenvalue weighted by Gasteiger charge is -2.40. The molecule has 7 atom stereocenters. The maximum atomic E-state index is 13.0. The van der Waals surface area contributed by atoms with Crippen molar-refractivity contribution in [1.82, 2.24) is 5.32 Å². The normalized spacial score (nSPS) is 19.8. The highest BCUT2D eigenvalue weighted by molar-refractivity contribution is 5.76. The van der Waals surface area contributed by atoms with Crippen molar-refractivity contribution in [3.63, 3.8) is 0 Å². The van der Waals surface area contributed by atoms with E-state index in [0.29, 0.717) is 19.4 Å². The molecule has 1 heterocycles. The average Bonchev–Trinajstić information content (AvgIpc) is 3.36. The summed E-state index contributed by atoms with van der Waals surface area (Å²) in [6.07, 6.45) is 53.1. The van der Waals surface area contributed by atoms with Crippen LogP contribution in [0.5, 0.6) is 0 Å². The van der Waals surface area contributed by atoms with Gasteiger partial charge < -0.3 is 45.1 Å². The van der Waals surface area contributed by atoms with Crippen LogP contribution in [0.3, 0.4) is 0 Å². The fourth-order valence-corrected chi connectivity index (χ4v) is 8.29. The van der Waals surface area contributed by atoms with E-state index in [2.05, 4.69) is 79.9 Å². The molecule has 0 aromatic heterocycles. The van der Waals surface area contributed by atoms with Crippen LogP contribution in [0, 0.1) is 0 Å². The van der Waals surface area contributed by atoms with Crippen LogP contribution in [0.4, 0.5) is 0 Å². The van der Waals surface area contributed by atoms with E-state index in [0.717, 1.165) is 89.9 Å². The second-order valence-electron chi connectivity index (χ2n) is 19.2. The molecule has 11 heteroatoms. The number of carbonyl (C=O) groups excluding carboxylic acids is 2. The van der Waals surface area contributed by atoms with Gasteiger partial charge in [-0.2, -0.15) is 0 Å². The zero-order valence-electron chi connectivity index (χ0n) is 44.2. The molecule has 1 aliphatic heterocycles. The largest absolute Gasteiger partial charge is 0.465 e. The molecule has 0 spiro atoms. The quantitative estimate of drug-likeness (QED) is 0.0196. The first-order chi connectivity index (χ1) is 34.2. The minimum Gasteiger partial charge on any atom is -0.465 e. The molecular formula is C59H103NO10. The number of esters is 1. The van der Waals surface area contributed by atoms with E-state index in [1.807, 2.05) is 6.08 Å². The van der Waals surface area contributed by atoms with Gasteiger partial charge in [-0.1, -0.05) is 196 Å². The first kappa shape index (κ1) is 65.1. The van der Waals surface area contributed by atoms with Gasteiger partial charge in [0, 0.05) is 12.8 Å². The van der Waals surface area contributed by atoms with Crippen molar-refractivity contribution in [3.05, 3.63) is 72.9 Å². The Labute approximate surface area is 426 Å². The third-order valence-corrected chi connectivity index (χ3v) is 12.8. The van der Waals surface area contributed by atoms with E-state index in [4.69, 9.17) is 14.2 Å². The number of aliphatic hydroxyl groups excluding tert-OH is 5. The highest BCUT2D eigenvalue weighted by atomic mass is 16.7. The van der Waals surface area contributed by atoms with Crippen LogP contribution < -0.4 is 5.32 Å². The predicted octanol–water partition coefficient (Wildman–Crippen LogP) is 12.4. The fraction of sp³-hybridized carbons (Fsp3) is 0.763. The van der Waals surface area contributed by atoms with E-state index in [-0.39, 0.29) is 18.5 Å². The summed E-state index contributed by atoms with van der Waals surface area (Å²) in [6, 6.07) is -0.839. The van der Waals surface area contributed by atoms with Gasteiger partial charge in [0.15, 0.2) is 6.29 Å². The molecule has 0 bridgehead atoms. The Hall–Kier alpha value is -2.90. The summed E-state index contributed by atoms with van der Waals surface area (Å²) >= 11 is 0. The molecule has 0 aromatic carbocycles. The zero-order valence-corrected chi connectivity index (χ0v) is 44.2. The Morgan fingerprint density at radius 2 is 1.01 bits per heavy atom. The van der Waals surface area contributed by atoms with Crippen molar-refractivity contribution in [2.45, 2.75) is 269 Å². The van der Waals surface area contributed by atoms with Gasteiger partial charge in [-0.25, -0.2) is 0 Å². The minimum atomic E-state index is -1.58. The van der Waals surface area contributed by atoms with Gasteiger partial charge in [-0.05, 0) is 89.9 Å². The highest BCUT2D eigenvalue weighted by Crippen LogP contribution is 2.23. The number of aliphatic hydroxyl groups is 5. The van der Waals surface area contributed by atoms with Gasteiger partial charge in [0.25, 0.3) is 0 Å². The van der Waals surface area contributed by atoms with Crippen molar-refractivity contribution < 1.29 is 49.3 Å². The summed E-state index contributed by atoms with van der Waals surface area (Å²) in [5, 5.41) is 54.1. The summed E-state index contributed by atoms with van der Waals surface area (Å²) in [5.74, 6) is -0.267. The van der Waals surface area contributed by atoms with E-state index in [9.17, 15) is 35.1 Å². The van der Waals surface area contributed by atoms with E-state index in [1.165, 1.54) is 109 Å². The molecule has 70 heavy (non-hydrogen) atoms. The molecule has 1 amide bonds. The number of allylic oxidation sites excluding steroid dienone is 10. The van der Waals surface area contributed by atoms with Gasteiger partial charge in [-0.15, -0.1) is 0 Å². The number of unbranched alkanes of at least 4 members (excludes halogenated alkanes) is 23. The van der Waals surface area contributed by atoms with E-state index >= 15 is 0 Å². The van der Waals surface area contributed by atoms with Crippen LogP contribution >= 0.6 is 0 Å². The average molecular weight is 986 g/mol. The molecule has 404 valence electrons. The second-order valence-corrected chi connectivity index (χ2v) is 19.2. The Bertz CT molecular complexity index is 1390. The summed E-state index contributed by atoms with van der Waals surface area (Å²) in [6.45, 7) is 4.03. The molecule has 1 rings (SSSR count). The molecule has 0 aromatic rings. The topological polar surface area (TPSA) is 175 Å². The third-order valence-electron chi connectivity index (χ3n) is 12.8. The first-order valence-corrected chi connectivity index (χ1v) is 28.2. The number of carbonyl (C=O) groups is 2. The maximum Gasteiger partial charge on any atom is 0.305 e. The lowest BCUT2D eigenvalue weighted by atomic mass is 9.99. The smallest absolute Gasteiger partial charge is 0.305 e. The number of ether oxygens (including phenoxy) is 3. The number of nitrogens with one attached hydrogen (secondary N) is 1. The third kappa shape index (κ3) is 37.8. The summed E-state index contributed by atoms with van der Waals surface area (Å²) in [4.78, 5) is 24.9. The molecule has 0 radical (unpaired) electrons. The lowest BCUT2D eigenvalue weighted by molar-refractivity contribution is -0.302. The van der Waals surface area contributed by atoms with E-state index in [1.54, 1.807) is 6.08 Å². The molecular weight excluding hydrogens is 883 g/mol. The van der Waals surface area contributed by atoms with Crippen LogP contribution in [0.15, 0.2) is 72.9 Å². The summed E-state index contributed by atoms with van der Waals surface area (Å²) in [7, 11) is 0. The number of hydrogen-bond donors (Lipinski definition) is 6. The van der Waals surface area contributed by atoms with E-state index < -0.39 is 49.5 Å². The molecule has 7 unspecified atom stereocenters. The fourth-order valence-electron chi connectivity index (χ4n) is 8.29. The number of rotatable bonds is 47. The Morgan fingerprint density at radius 1 is 0.543 bits per heavy atom. The zero-order chi connectivity index (χ0) is 51.0. The number of hydrogen-bond acceptors (Lipinski definition) is 10. The van der Waals surface area contributed by atoms with Gasteiger partial charge in [0.05, 0.1) is 32.0 Å². The Kier molecular flexibility index (Phi) is 45.0. The molecule has 6 N–H and O–H groups in total. The van der Waals surface area contributed by atoms with Crippen molar-refractivity contribution in [2.24, 2.45) is 0 Å². The molecule has 0 aliphatic carbocycles. The molecule has 1 aliphatic rings. The van der Waals surface area contributed by atoms with Crippen molar-refractivity contribution in [2.75, 3.05) is 19.8 Å². The molecule has 1 saturated heterocycles. The van der Waals surface area contributed by atoms with Crippen molar-refractivity contribution in [3.8, 4) is 0 Å². The van der Waals surface area contributed by atoms with Crippen LogP contribution in [0.25, 0.3) is 0 Å². The Balaban J connectivity index is 2.09. The van der Waals surface area contributed by atoms with Crippen LogP contribution in [0.2, 0.25) is 0 Å². The summed E-state index contributed by atoms with van der Waals surface area (Å²) < 4.78 is 16.6. The van der Waals surface area contributed by atoms with Crippen molar-refractivity contribution in [1.29, 1.82) is 0 Å². The minimum absolute atomic E-state index is 0.0617. The van der Waals surface area contributed by atoms with Crippen LogP contribution in [0.1, 0.15) is 226 Å². The number of amides is 1. The van der Waals surface area contributed by atoms with Gasteiger partial charge in [0.2, 0.25) is 5.91 Å². The van der Waals surface area contributed by atoms with Crippen LogP contribution in [-0.4, -0.2) is 100 Å². The molecule has 11 nitrogen and oxygen atoms in total. The monoisotopic (exact) mass is 986 g/mol.